The van der Waals surface area contributed by atoms with Gasteiger partial charge in [-0.05, 0) is 64.1 Å². The van der Waals surface area contributed by atoms with Crippen molar-refractivity contribution in [2.75, 3.05) is 0 Å². The molecule has 0 aliphatic rings. The number of rotatable bonds is 5. The SMILES string of the molecule is CC(CCC(C)c1cccc2cc[nH]c12)c1ccsc1. The highest BCUT2D eigenvalue weighted by Crippen LogP contribution is 2.31. The summed E-state index contributed by atoms with van der Waals surface area (Å²) >= 11 is 1.80. The van der Waals surface area contributed by atoms with Crippen LogP contribution in [0.2, 0.25) is 0 Å². The molecule has 0 amide bonds. The second-order valence-electron chi connectivity index (χ2n) is 5.73. The lowest BCUT2D eigenvalue weighted by Crippen LogP contribution is -1.99. The molecule has 2 heterocycles. The molecular formula is C18H21NS. The summed E-state index contributed by atoms with van der Waals surface area (Å²) in [6.45, 7) is 4.68. The molecule has 1 N–H and O–H groups in total. The quantitative estimate of drug-likeness (QED) is 0.598. The number of hydrogen-bond acceptors (Lipinski definition) is 1. The zero-order valence-electron chi connectivity index (χ0n) is 12.1. The number of hydrogen-bond donors (Lipinski definition) is 1. The number of benzene rings is 1. The van der Waals surface area contributed by atoms with Gasteiger partial charge in [0.2, 0.25) is 0 Å². The number of thiophene rings is 1. The van der Waals surface area contributed by atoms with Gasteiger partial charge in [0, 0.05) is 11.7 Å². The highest BCUT2D eigenvalue weighted by atomic mass is 32.1. The Hall–Kier alpha value is -1.54. The van der Waals surface area contributed by atoms with Crippen molar-refractivity contribution >= 4 is 22.2 Å². The molecule has 0 saturated heterocycles. The van der Waals surface area contributed by atoms with Crippen molar-refractivity contribution in [3.63, 3.8) is 0 Å². The van der Waals surface area contributed by atoms with Crippen molar-refractivity contribution in [2.45, 2.75) is 38.5 Å². The first-order chi connectivity index (χ1) is 9.75. The third-order valence-corrected chi connectivity index (χ3v) is 5.00. The van der Waals surface area contributed by atoms with Crippen LogP contribution >= 0.6 is 11.3 Å². The maximum Gasteiger partial charge on any atom is 0.0489 e. The van der Waals surface area contributed by atoms with E-state index in [4.69, 9.17) is 0 Å². The van der Waals surface area contributed by atoms with E-state index in [2.05, 4.69) is 59.9 Å². The van der Waals surface area contributed by atoms with Crippen LogP contribution in [0.5, 0.6) is 0 Å². The van der Waals surface area contributed by atoms with E-state index in [0.29, 0.717) is 11.8 Å². The van der Waals surface area contributed by atoms with E-state index >= 15 is 0 Å². The summed E-state index contributed by atoms with van der Waals surface area (Å²) in [5.41, 5.74) is 4.24. The number of H-pyrrole nitrogens is 1. The van der Waals surface area contributed by atoms with Crippen LogP contribution < -0.4 is 0 Å². The molecule has 2 aromatic heterocycles. The summed E-state index contributed by atoms with van der Waals surface area (Å²) in [6, 6.07) is 11.0. The monoisotopic (exact) mass is 283 g/mol. The molecule has 0 saturated carbocycles. The van der Waals surface area contributed by atoms with Crippen molar-refractivity contribution in [3.8, 4) is 0 Å². The average molecular weight is 283 g/mol. The van der Waals surface area contributed by atoms with Gasteiger partial charge in [-0.2, -0.15) is 11.3 Å². The summed E-state index contributed by atoms with van der Waals surface area (Å²) < 4.78 is 0. The van der Waals surface area contributed by atoms with Gasteiger partial charge < -0.3 is 4.98 Å². The summed E-state index contributed by atoms with van der Waals surface area (Å²) in [5, 5.41) is 5.77. The molecule has 2 atom stereocenters. The minimum Gasteiger partial charge on any atom is -0.361 e. The maximum atomic E-state index is 3.39. The Labute approximate surface area is 124 Å². The molecule has 104 valence electrons. The molecular weight excluding hydrogens is 262 g/mol. The van der Waals surface area contributed by atoms with Crippen LogP contribution in [0.25, 0.3) is 10.9 Å². The van der Waals surface area contributed by atoms with Gasteiger partial charge in [-0.3, -0.25) is 0 Å². The second kappa shape index (κ2) is 5.84. The first kappa shape index (κ1) is 13.4. The molecule has 0 aliphatic carbocycles. The fourth-order valence-electron chi connectivity index (χ4n) is 2.90. The first-order valence-corrected chi connectivity index (χ1v) is 8.28. The topological polar surface area (TPSA) is 15.8 Å². The number of nitrogens with one attached hydrogen (secondary N) is 1. The molecule has 2 unspecified atom stereocenters. The molecule has 0 aliphatic heterocycles. The Bertz CT molecular complexity index is 666. The number of aromatic amines is 1. The van der Waals surface area contributed by atoms with Crippen LogP contribution in [0.15, 0.2) is 47.3 Å². The van der Waals surface area contributed by atoms with Crippen molar-refractivity contribution in [1.82, 2.24) is 4.98 Å². The van der Waals surface area contributed by atoms with Crippen LogP contribution in [0.1, 0.15) is 49.7 Å². The molecule has 0 fully saturated rings. The lowest BCUT2D eigenvalue weighted by atomic mass is 9.89. The van der Waals surface area contributed by atoms with E-state index in [1.807, 2.05) is 6.20 Å². The third-order valence-electron chi connectivity index (χ3n) is 4.30. The third kappa shape index (κ3) is 2.66. The number of para-hydroxylation sites is 1. The van der Waals surface area contributed by atoms with Gasteiger partial charge in [0.05, 0.1) is 0 Å². The standard InChI is InChI=1S/C18H21NS/c1-13(16-9-11-20-12-16)6-7-14(2)17-5-3-4-15-8-10-19-18(15)17/h3-5,8-14,19H,6-7H2,1-2H3. The van der Waals surface area contributed by atoms with E-state index in [1.165, 1.54) is 34.9 Å². The molecule has 2 heteroatoms. The summed E-state index contributed by atoms with van der Waals surface area (Å²) in [7, 11) is 0. The maximum absolute atomic E-state index is 3.39. The highest BCUT2D eigenvalue weighted by Gasteiger charge is 2.13. The minimum atomic E-state index is 0.596. The summed E-state index contributed by atoms with van der Waals surface area (Å²) in [4.78, 5) is 3.39. The zero-order valence-corrected chi connectivity index (χ0v) is 12.9. The van der Waals surface area contributed by atoms with Gasteiger partial charge in [-0.15, -0.1) is 0 Å². The van der Waals surface area contributed by atoms with E-state index in [0.717, 1.165) is 0 Å². The molecule has 3 aromatic rings. The van der Waals surface area contributed by atoms with Gasteiger partial charge in [0.1, 0.15) is 0 Å². The molecule has 3 rings (SSSR count). The molecule has 1 nitrogen and oxygen atoms in total. The van der Waals surface area contributed by atoms with Crippen LogP contribution in [0.4, 0.5) is 0 Å². The highest BCUT2D eigenvalue weighted by molar-refractivity contribution is 7.07. The van der Waals surface area contributed by atoms with E-state index in [-0.39, 0.29) is 0 Å². The lowest BCUT2D eigenvalue weighted by Gasteiger charge is -2.16. The first-order valence-electron chi connectivity index (χ1n) is 7.34. The van der Waals surface area contributed by atoms with E-state index < -0.39 is 0 Å². The summed E-state index contributed by atoms with van der Waals surface area (Å²) in [6.07, 6.45) is 4.51. The van der Waals surface area contributed by atoms with Gasteiger partial charge in [-0.25, -0.2) is 0 Å². The Morgan fingerprint density at radius 2 is 1.90 bits per heavy atom. The van der Waals surface area contributed by atoms with Crippen LogP contribution in [-0.2, 0) is 0 Å². The Kier molecular flexibility index (Phi) is 3.93. The van der Waals surface area contributed by atoms with Crippen molar-refractivity contribution in [2.24, 2.45) is 0 Å². The Morgan fingerprint density at radius 3 is 2.70 bits per heavy atom. The van der Waals surface area contributed by atoms with Gasteiger partial charge >= 0.3 is 0 Å². The smallest absolute Gasteiger partial charge is 0.0489 e. The molecule has 1 aromatic carbocycles. The number of fused-ring (bicyclic) bond motifs is 1. The minimum absolute atomic E-state index is 0.596. The second-order valence-corrected chi connectivity index (χ2v) is 6.51. The van der Waals surface area contributed by atoms with Gasteiger partial charge in [-0.1, -0.05) is 32.0 Å². The van der Waals surface area contributed by atoms with Crippen molar-refractivity contribution in [1.29, 1.82) is 0 Å². The predicted molar refractivity (Wildman–Crippen MR) is 88.7 cm³/mol. The fraction of sp³-hybridized carbons (Fsp3) is 0.333. The van der Waals surface area contributed by atoms with Crippen LogP contribution in [0, 0.1) is 0 Å². The Morgan fingerprint density at radius 1 is 1.05 bits per heavy atom. The van der Waals surface area contributed by atoms with Crippen LogP contribution in [0.3, 0.4) is 0 Å². The van der Waals surface area contributed by atoms with E-state index in [9.17, 15) is 0 Å². The van der Waals surface area contributed by atoms with Crippen molar-refractivity contribution < 1.29 is 0 Å². The molecule has 0 bridgehead atoms. The normalized spacial score (nSPS) is 14.5. The predicted octanol–water partition coefficient (Wildman–Crippen LogP) is 5.92. The number of aromatic nitrogens is 1. The van der Waals surface area contributed by atoms with E-state index in [1.54, 1.807) is 11.3 Å². The fourth-order valence-corrected chi connectivity index (χ4v) is 3.68. The average Bonchev–Trinajstić information content (AvgIpc) is 3.13. The Balaban J connectivity index is 1.70. The van der Waals surface area contributed by atoms with Crippen molar-refractivity contribution in [3.05, 3.63) is 58.4 Å². The zero-order chi connectivity index (χ0) is 13.9. The summed E-state index contributed by atoms with van der Waals surface area (Å²) in [5.74, 6) is 1.25. The molecule has 20 heavy (non-hydrogen) atoms. The molecule has 0 radical (unpaired) electrons. The van der Waals surface area contributed by atoms with Gasteiger partial charge in [0.25, 0.3) is 0 Å². The lowest BCUT2D eigenvalue weighted by molar-refractivity contribution is 0.576. The largest absolute Gasteiger partial charge is 0.361 e. The van der Waals surface area contributed by atoms with Gasteiger partial charge in [0.15, 0.2) is 0 Å². The van der Waals surface area contributed by atoms with Crippen LogP contribution in [-0.4, -0.2) is 4.98 Å². The molecule has 0 spiro atoms.